The van der Waals surface area contributed by atoms with Crippen molar-refractivity contribution >= 4 is 23.6 Å². The number of nitrogens with one attached hydrogen (secondary N) is 2. The second kappa shape index (κ2) is 10.3. The van der Waals surface area contributed by atoms with Crippen LogP contribution in [-0.4, -0.2) is 68.6 Å². The molecule has 1 fully saturated rings. The lowest BCUT2D eigenvalue weighted by Crippen LogP contribution is -2.56. The van der Waals surface area contributed by atoms with E-state index >= 15 is 0 Å². The van der Waals surface area contributed by atoms with Crippen molar-refractivity contribution in [1.82, 2.24) is 15.5 Å². The summed E-state index contributed by atoms with van der Waals surface area (Å²) in [5.74, 6) is 1.98. The van der Waals surface area contributed by atoms with Gasteiger partial charge in [-0.2, -0.15) is 11.8 Å². The van der Waals surface area contributed by atoms with E-state index in [0.29, 0.717) is 37.7 Å². The van der Waals surface area contributed by atoms with Crippen LogP contribution in [0.3, 0.4) is 0 Å². The number of rotatable bonds is 9. The van der Waals surface area contributed by atoms with Crippen LogP contribution in [0.5, 0.6) is 11.5 Å². The molecular weight excluding hydrogens is 354 g/mol. The van der Waals surface area contributed by atoms with Gasteiger partial charge in [0.1, 0.15) is 0 Å². The molecule has 26 heavy (non-hydrogen) atoms. The van der Waals surface area contributed by atoms with Gasteiger partial charge in [0.15, 0.2) is 11.5 Å². The molecule has 2 N–H and O–H groups in total. The Balaban J connectivity index is 2.05. The summed E-state index contributed by atoms with van der Waals surface area (Å²) in [6, 6.07) is 5.23. The molecule has 0 radical (unpaired) electrons. The Bertz CT molecular complexity index is 626. The number of methoxy groups -OCH3 is 2. The summed E-state index contributed by atoms with van der Waals surface area (Å²) in [7, 11) is 3.19. The molecule has 1 heterocycles. The number of hydrogen-bond donors (Lipinski definition) is 2. The molecule has 2 rings (SSSR count). The smallest absolute Gasteiger partial charge is 0.237 e. The van der Waals surface area contributed by atoms with Crippen LogP contribution in [0.25, 0.3) is 0 Å². The van der Waals surface area contributed by atoms with Gasteiger partial charge in [-0.1, -0.05) is 6.07 Å². The van der Waals surface area contributed by atoms with Gasteiger partial charge in [-0.25, -0.2) is 0 Å². The lowest BCUT2D eigenvalue weighted by molar-refractivity contribution is -0.134. The van der Waals surface area contributed by atoms with E-state index in [2.05, 4.69) is 10.6 Å². The molecule has 0 spiro atoms. The van der Waals surface area contributed by atoms with Gasteiger partial charge in [0.25, 0.3) is 0 Å². The van der Waals surface area contributed by atoms with E-state index in [1.807, 2.05) is 29.4 Å². The lowest BCUT2D eigenvalue weighted by Gasteiger charge is -2.34. The Labute approximate surface area is 158 Å². The third kappa shape index (κ3) is 5.54. The van der Waals surface area contributed by atoms with Crippen molar-refractivity contribution in [3.05, 3.63) is 23.8 Å². The van der Waals surface area contributed by atoms with E-state index in [-0.39, 0.29) is 18.2 Å². The highest BCUT2D eigenvalue weighted by Crippen LogP contribution is 2.28. The molecule has 1 aliphatic rings. The van der Waals surface area contributed by atoms with Crippen LogP contribution in [0.2, 0.25) is 0 Å². The number of nitrogens with zero attached hydrogens (tertiary/aromatic N) is 1. The number of piperazine rings is 1. The third-order valence-corrected chi connectivity index (χ3v) is 4.89. The van der Waals surface area contributed by atoms with Gasteiger partial charge >= 0.3 is 0 Å². The molecule has 0 bridgehead atoms. The topological polar surface area (TPSA) is 79.9 Å². The molecule has 1 aliphatic heterocycles. The van der Waals surface area contributed by atoms with Gasteiger partial charge in [-0.05, 0) is 24.0 Å². The lowest BCUT2D eigenvalue weighted by atomic mass is 10.1. The van der Waals surface area contributed by atoms with Gasteiger partial charge in [0.2, 0.25) is 11.8 Å². The Kier molecular flexibility index (Phi) is 8.06. The number of carbonyl (C=O) groups is 2. The predicted molar refractivity (Wildman–Crippen MR) is 103 cm³/mol. The Morgan fingerprint density at radius 1 is 1.35 bits per heavy atom. The summed E-state index contributed by atoms with van der Waals surface area (Å²) in [5, 5.41) is 5.72. The molecule has 1 unspecified atom stereocenters. The van der Waals surface area contributed by atoms with E-state index < -0.39 is 6.04 Å². The van der Waals surface area contributed by atoms with Crippen molar-refractivity contribution in [3.63, 3.8) is 0 Å². The highest BCUT2D eigenvalue weighted by Gasteiger charge is 2.31. The minimum absolute atomic E-state index is 0.0987. The maximum absolute atomic E-state index is 12.3. The molecule has 2 amide bonds. The van der Waals surface area contributed by atoms with Crippen LogP contribution >= 0.6 is 11.8 Å². The monoisotopic (exact) mass is 381 g/mol. The number of carbonyl (C=O) groups excluding carboxylic acids is 2. The molecule has 1 saturated heterocycles. The number of benzene rings is 1. The minimum atomic E-state index is -0.467. The van der Waals surface area contributed by atoms with Crippen molar-refractivity contribution < 1.29 is 19.1 Å². The maximum Gasteiger partial charge on any atom is 0.237 e. The average Bonchev–Trinajstić information content (AvgIpc) is 2.64. The van der Waals surface area contributed by atoms with Gasteiger partial charge < -0.3 is 20.1 Å². The summed E-state index contributed by atoms with van der Waals surface area (Å²) in [6.45, 7) is 2.46. The predicted octanol–water partition coefficient (Wildman–Crippen LogP) is 0.874. The zero-order valence-electron chi connectivity index (χ0n) is 15.5. The summed E-state index contributed by atoms with van der Waals surface area (Å²) < 4.78 is 10.6. The maximum atomic E-state index is 12.3. The van der Waals surface area contributed by atoms with Crippen LogP contribution in [0.1, 0.15) is 12.0 Å². The van der Waals surface area contributed by atoms with E-state index in [0.717, 1.165) is 11.3 Å². The number of amides is 2. The van der Waals surface area contributed by atoms with E-state index in [1.165, 1.54) is 0 Å². The minimum Gasteiger partial charge on any atom is -0.493 e. The summed E-state index contributed by atoms with van der Waals surface area (Å²) in [4.78, 5) is 26.5. The first-order valence-electron chi connectivity index (χ1n) is 8.57. The van der Waals surface area contributed by atoms with Gasteiger partial charge in [-0.3, -0.25) is 14.5 Å². The third-order valence-electron chi connectivity index (χ3n) is 4.28. The van der Waals surface area contributed by atoms with Crippen LogP contribution < -0.4 is 20.1 Å². The fraction of sp³-hybridized carbons (Fsp3) is 0.556. The molecule has 0 aliphatic carbocycles. The highest BCUT2D eigenvalue weighted by molar-refractivity contribution is 7.98. The highest BCUT2D eigenvalue weighted by atomic mass is 32.2. The molecule has 0 saturated carbocycles. The fourth-order valence-corrected chi connectivity index (χ4v) is 3.23. The van der Waals surface area contributed by atoms with Crippen molar-refractivity contribution in [3.8, 4) is 11.5 Å². The zero-order chi connectivity index (χ0) is 18.9. The largest absolute Gasteiger partial charge is 0.493 e. The van der Waals surface area contributed by atoms with Crippen LogP contribution in [0.15, 0.2) is 18.2 Å². The van der Waals surface area contributed by atoms with Crippen molar-refractivity contribution in [2.24, 2.45) is 0 Å². The summed E-state index contributed by atoms with van der Waals surface area (Å²) >= 11 is 1.67. The quantitative estimate of drug-likeness (QED) is 0.618. The van der Waals surface area contributed by atoms with Crippen LogP contribution in [0, 0.1) is 0 Å². The molecular formula is C18H27N3O4S. The van der Waals surface area contributed by atoms with E-state index in [9.17, 15) is 9.59 Å². The van der Waals surface area contributed by atoms with E-state index in [1.54, 1.807) is 26.0 Å². The Morgan fingerprint density at radius 3 is 2.81 bits per heavy atom. The first kappa shape index (κ1) is 20.4. The molecule has 144 valence electrons. The first-order valence-corrected chi connectivity index (χ1v) is 9.96. The molecule has 1 aromatic rings. The molecule has 1 atom stereocenters. The molecule has 1 aromatic carbocycles. The average molecular weight is 381 g/mol. The normalized spacial score (nSPS) is 17.5. The Hall–Kier alpha value is -1.93. The fourth-order valence-electron chi connectivity index (χ4n) is 2.93. The molecule has 8 heteroatoms. The van der Waals surface area contributed by atoms with Crippen molar-refractivity contribution in [2.75, 3.05) is 45.9 Å². The number of thioether (sulfide) groups is 1. The van der Waals surface area contributed by atoms with Crippen molar-refractivity contribution in [1.29, 1.82) is 0 Å². The van der Waals surface area contributed by atoms with Crippen LogP contribution in [0.4, 0.5) is 0 Å². The van der Waals surface area contributed by atoms with Crippen LogP contribution in [-0.2, 0) is 16.1 Å². The molecule has 0 aromatic heterocycles. The summed E-state index contributed by atoms with van der Waals surface area (Å²) in [6.07, 6.45) is 2.15. The standard InChI is InChI=1S/C18H27N3O4S/c1-24-15-5-4-13(10-16(15)25-2)12-21-8-6-20-18(23)14(21)11-17(22)19-7-9-26-3/h4-5,10,14H,6-9,11-12H2,1-3H3,(H,19,22)(H,20,23). The second-order valence-corrected chi connectivity index (χ2v) is 7.00. The van der Waals surface area contributed by atoms with Gasteiger partial charge in [-0.15, -0.1) is 0 Å². The SMILES string of the molecule is COc1ccc(CN2CCNC(=O)C2CC(=O)NCCSC)cc1OC. The summed E-state index contributed by atoms with van der Waals surface area (Å²) in [5.41, 5.74) is 1.00. The molecule has 7 nitrogen and oxygen atoms in total. The van der Waals surface area contributed by atoms with Crippen molar-refractivity contribution in [2.45, 2.75) is 19.0 Å². The first-order chi connectivity index (χ1) is 12.6. The Morgan fingerprint density at radius 2 is 2.12 bits per heavy atom. The second-order valence-electron chi connectivity index (χ2n) is 6.01. The zero-order valence-corrected chi connectivity index (χ0v) is 16.4. The van der Waals surface area contributed by atoms with Gasteiger partial charge in [0.05, 0.1) is 26.7 Å². The van der Waals surface area contributed by atoms with Gasteiger partial charge in [0, 0.05) is 31.9 Å². The number of ether oxygens (including phenoxy) is 2. The number of hydrogen-bond acceptors (Lipinski definition) is 6. The van der Waals surface area contributed by atoms with E-state index in [4.69, 9.17) is 9.47 Å².